The number of aromatic amines is 1. The van der Waals surface area contributed by atoms with Crippen LogP contribution in [0.15, 0.2) is 23.0 Å². The van der Waals surface area contributed by atoms with Gasteiger partial charge >= 0.3 is 6.18 Å². The van der Waals surface area contributed by atoms with Crippen LogP contribution in [0.1, 0.15) is 36.7 Å². The summed E-state index contributed by atoms with van der Waals surface area (Å²) in [5, 5.41) is 14.0. The Morgan fingerprint density at radius 2 is 1.93 bits per heavy atom. The van der Waals surface area contributed by atoms with Crippen molar-refractivity contribution >= 4 is 17.0 Å². The van der Waals surface area contributed by atoms with E-state index in [1.807, 2.05) is 0 Å². The van der Waals surface area contributed by atoms with Gasteiger partial charge in [-0.25, -0.2) is 9.07 Å². The third-order valence-corrected chi connectivity index (χ3v) is 4.73. The highest BCUT2D eigenvalue weighted by atomic mass is 19.4. The largest absolute Gasteiger partial charge is 0.419 e. The smallest absolute Gasteiger partial charge is 0.390 e. The first-order valence-corrected chi connectivity index (χ1v) is 9.12. The molecule has 2 aromatic heterocycles. The Balaban J connectivity index is 2.27. The van der Waals surface area contributed by atoms with Crippen molar-refractivity contribution in [2.45, 2.75) is 32.7 Å². The van der Waals surface area contributed by atoms with E-state index in [0.29, 0.717) is 6.07 Å². The zero-order chi connectivity index (χ0) is 22.4. The van der Waals surface area contributed by atoms with Crippen LogP contribution < -0.4 is 10.5 Å². The molecule has 0 radical (unpaired) electrons. The van der Waals surface area contributed by atoms with Crippen LogP contribution in [0, 0.1) is 11.7 Å². The number of nitrogens with one attached hydrogen (secondary N) is 1. The van der Waals surface area contributed by atoms with Gasteiger partial charge in [-0.2, -0.15) is 23.3 Å². The zero-order valence-corrected chi connectivity index (χ0v) is 16.8. The molecule has 11 heteroatoms. The molecule has 0 aliphatic heterocycles. The van der Waals surface area contributed by atoms with E-state index in [1.165, 1.54) is 10.7 Å². The topological polar surface area (TPSA) is 87.0 Å². The molecule has 0 unspecified atom stereocenters. The van der Waals surface area contributed by atoms with Crippen molar-refractivity contribution in [3.63, 3.8) is 0 Å². The zero-order valence-electron chi connectivity index (χ0n) is 16.8. The van der Waals surface area contributed by atoms with Crippen molar-refractivity contribution in [1.29, 1.82) is 0 Å². The number of aliphatic hydroxyl groups excluding tert-OH is 1. The highest BCUT2D eigenvalue weighted by Crippen LogP contribution is 2.35. The highest BCUT2D eigenvalue weighted by Gasteiger charge is 2.35. The number of nitrogens with zero attached hydrogens (tertiary/aromatic N) is 4. The van der Waals surface area contributed by atoms with E-state index < -0.39 is 35.8 Å². The molecule has 7 nitrogen and oxygen atoms in total. The Kier molecular flexibility index (Phi) is 5.59. The Bertz CT molecular complexity index is 1130. The molecule has 0 amide bonds. The Labute approximate surface area is 169 Å². The quantitative estimate of drug-likeness (QED) is 0.611. The van der Waals surface area contributed by atoms with Gasteiger partial charge in [-0.1, -0.05) is 19.9 Å². The maximum Gasteiger partial charge on any atom is 0.419 e. The molecule has 2 heterocycles. The van der Waals surface area contributed by atoms with Gasteiger partial charge in [0, 0.05) is 14.1 Å². The highest BCUT2D eigenvalue weighted by molar-refractivity contribution is 5.78. The molecule has 3 rings (SSSR count). The number of rotatable bonds is 5. The number of hydrogen-bond acceptors (Lipinski definition) is 5. The van der Waals surface area contributed by atoms with Gasteiger partial charge in [0.2, 0.25) is 5.95 Å². The number of benzene rings is 1. The summed E-state index contributed by atoms with van der Waals surface area (Å²) in [7, 11) is 3.34. The molecule has 0 aliphatic rings. The number of aliphatic hydroxyl groups is 1. The summed E-state index contributed by atoms with van der Waals surface area (Å²) in [5.41, 5.74) is -1.43. The van der Waals surface area contributed by atoms with Gasteiger partial charge in [0.25, 0.3) is 5.56 Å². The minimum absolute atomic E-state index is 0.0705. The summed E-state index contributed by atoms with van der Waals surface area (Å²) >= 11 is 0. The van der Waals surface area contributed by atoms with E-state index in [1.54, 1.807) is 32.8 Å². The average molecular weight is 427 g/mol. The summed E-state index contributed by atoms with van der Waals surface area (Å²) in [6, 6.07) is 1.96. The van der Waals surface area contributed by atoms with Crippen LogP contribution in [0.5, 0.6) is 0 Å². The second kappa shape index (κ2) is 7.71. The van der Waals surface area contributed by atoms with Crippen LogP contribution in [0.25, 0.3) is 11.0 Å². The second-order valence-electron chi connectivity index (χ2n) is 7.46. The lowest BCUT2D eigenvalue weighted by atomic mass is 9.95. The number of halogens is 4. The fraction of sp³-hybridized carbons (Fsp3) is 0.421. The number of hydrogen-bond donors (Lipinski definition) is 2. The molecule has 30 heavy (non-hydrogen) atoms. The van der Waals surface area contributed by atoms with Crippen LogP contribution in [-0.4, -0.2) is 39.0 Å². The van der Waals surface area contributed by atoms with Gasteiger partial charge in [-0.3, -0.25) is 9.78 Å². The number of H-pyrrole nitrogens is 1. The first-order chi connectivity index (χ1) is 14.0. The van der Waals surface area contributed by atoms with Gasteiger partial charge in [-0.05, 0) is 23.6 Å². The molecule has 2 N–H and O–H groups in total. The summed E-state index contributed by atoms with van der Waals surface area (Å²) in [5.74, 6) is -1.41. The molecule has 0 saturated heterocycles. The standard InChI is InChI=1S/C19H21F4N5O2/c1-9(2)15(10-5-6-11(12(20)7-10)19(21,22)23)28-16-14(13(8-29)26-28)17(30)25-18(24-16)27(3)4/h5-7,9,15,29H,8H2,1-4H3,(H,24,25,30)/t15-/m1/s1. The average Bonchev–Trinajstić information content (AvgIpc) is 2.99. The van der Waals surface area contributed by atoms with E-state index >= 15 is 0 Å². The first-order valence-electron chi connectivity index (χ1n) is 9.12. The van der Waals surface area contributed by atoms with E-state index in [-0.39, 0.29) is 34.2 Å². The number of fused-ring (bicyclic) bond motifs is 1. The minimum atomic E-state index is -4.81. The van der Waals surface area contributed by atoms with Crippen molar-refractivity contribution in [2.24, 2.45) is 5.92 Å². The summed E-state index contributed by atoms with van der Waals surface area (Å²) in [6.45, 7) is 3.03. The van der Waals surface area contributed by atoms with Crippen LogP contribution in [-0.2, 0) is 12.8 Å². The molecule has 1 atom stereocenters. The van der Waals surface area contributed by atoms with E-state index in [2.05, 4.69) is 15.1 Å². The maximum atomic E-state index is 14.2. The van der Waals surface area contributed by atoms with Crippen molar-refractivity contribution < 1.29 is 22.7 Å². The van der Waals surface area contributed by atoms with Gasteiger partial charge in [0.1, 0.15) is 16.9 Å². The molecule has 0 aliphatic carbocycles. The lowest BCUT2D eigenvalue weighted by molar-refractivity contribution is -0.140. The molecule has 3 aromatic rings. The molecule has 162 valence electrons. The van der Waals surface area contributed by atoms with Crippen molar-refractivity contribution in [1.82, 2.24) is 19.7 Å². The fourth-order valence-corrected chi connectivity index (χ4v) is 3.37. The molecule has 0 spiro atoms. The number of alkyl halides is 3. The predicted molar refractivity (Wildman–Crippen MR) is 103 cm³/mol. The Hall–Kier alpha value is -2.95. The lowest BCUT2D eigenvalue weighted by Crippen LogP contribution is -2.22. The van der Waals surface area contributed by atoms with Gasteiger partial charge in [-0.15, -0.1) is 0 Å². The molecular weight excluding hydrogens is 406 g/mol. The molecule has 0 bridgehead atoms. The molecule has 0 saturated carbocycles. The van der Waals surface area contributed by atoms with Crippen LogP contribution in [0.2, 0.25) is 0 Å². The third-order valence-electron chi connectivity index (χ3n) is 4.73. The second-order valence-corrected chi connectivity index (χ2v) is 7.46. The fourth-order valence-electron chi connectivity index (χ4n) is 3.37. The summed E-state index contributed by atoms with van der Waals surface area (Å²) in [6.07, 6.45) is -4.81. The molecule has 0 fully saturated rings. The molecular formula is C19H21F4N5O2. The van der Waals surface area contributed by atoms with Gasteiger partial charge < -0.3 is 10.0 Å². The van der Waals surface area contributed by atoms with Gasteiger partial charge in [0.05, 0.1) is 18.2 Å². The van der Waals surface area contributed by atoms with E-state index in [9.17, 15) is 27.5 Å². The van der Waals surface area contributed by atoms with Crippen LogP contribution in [0.3, 0.4) is 0 Å². The Morgan fingerprint density at radius 1 is 1.27 bits per heavy atom. The van der Waals surface area contributed by atoms with Crippen molar-refractivity contribution in [3.05, 3.63) is 51.2 Å². The molecule has 1 aromatic carbocycles. The summed E-state index contributed by atoms with van der Waals surface area (Å²) < 4.78 is 54.4. The van der Waals surface area contributed by atoms with E-state index in [4.69, 9.17) is 0 Å². The maximum absolute atomic E-state index is 14.2. The van der Waals surface area contributed by atoms with Crippen LogP contribution in [0.4, 0.5) is 23.5 Å². The first kappa shape index (κ1) is 21.8. The van der Waals surface area contributed by atoms with E-state index in [0.717, 1.165) is 6.07 Å². The van der Waals surface area contributed by atoms with Crippen LogP contribution >= 0.6 is 0 Å². The SMILES string of the molecule is CC(C)[C@H](c1ccc(C(F)(F)F)c(F)c1)n1nc(CO)c2c(=O)[nH]c(N(C)C)nc21. The van der Waals surface area contributed by atoms with Crippen molar-refractivity contribution in [2.75, 3.05) is 19.0 Å². The minimum Gasteiger partial charge on any atom is -0.390 e. The number of anilines is 1. The normalized spacial score (nSPS) is 13.3. The summed E-state index contributed by atoms with van der Waals surface area (Å²) in [4.78, 5) is 21.1. The number of aromatic nitrogens is 4. The Morgan fingerprint density at radius 3 is 2.43 bits per heavy atom. The predicted octanol–water partition coefficient (Wildman–Crippen LogP) is 3.08. The monoisotopic (exact) mass is 427 g/mol. The lowest BCUT2D eigenvalue weighted by Gasteiger charge is -2.23. The van der Waals surface area contributed by atoms with Gasteiger partial charge in [0.15, 0.2) is 5.65 Å². The van der Waals surface area contributed by atoms with Crippen molar-refractivity contribution in [3.8, 4) is 0 Å². The third kappa shape index (κ3) is 3.76.